The van der Waals surface area contributed by atoms with E-state index in [4.69, 9.17) is 16.6 Å². The van der Waals surface area contributed by atoms with Gasteiger partial charge in [0.25, 0.3) is 5.91 Å². The van der Waals surface area contributed by atoms with Crippen molar-refractivity contribution in [2.75, 3.05) is 18.0 Å². The third-order valence-corrected chi connectivity index (χ3v) is 6.34. The van der Waals surface area contributed by atoms with Gasteiger partial charge in [-0.2, -0.15) is 13.2 Å². The average Bonchev–Trinajstić information content (AvgIpc) is 2.86. The van der Waals surface area contributed by atoms with Gasteiger partial charge >= 0.3 is 6.18 Å². The number of alkyl halides is 3. The Kier molecular flexibility index (Phi) is 6.51. The lowest BCUT2D eigenvalue weighted by Gasteiger charge is -2.40. The summed E-state index contributed by atoms with van der Waals surface area (Å²) in [5.41, 5.74) is 2.25. The van der Waals surface area contributed by atoms with Crippen LogP contribution >= 0.6 is 11.6 Å². The number of halogens is 4. The quantitative estimate of drug-likeness (QED) is 0.386. The number of hydrogen-bond donors (Lipinski definition) is 1. The highest BCUT2D eigenvalue weighted by Gasteiger charge is 2.32. The van der Waals surface area contributed by atoms with Gasteiger partial charge in [-0.1, -0.05) is 29.8 Å². The fourth-order valence-corrected chi connectivity index (χ4v) is 4.26. The van der Waals surface area contributed by atoms with E-state index < -0.39 is 11.7 Å². The van der Waals surface area contributed by atoms with Crippen LogP contribution in [-0.4, -0.2) is 45.0 Å². The van der Waals surface area contributed by atoms with Crippen LogP contribution in [0.15, 0.2) is 67.3 Å². The first-order valence-corrected chi connectivity index (χ1v) is 11.7. The Morgan fingerprint density at radius 2 is 1.78 bits per heavy atom. The number of aryl methyl sites for hydroxylation is 1. The third-order valence-electron chi connectivity index (χ3n) is 6.04. The number of benzene rings is 1. The van der Waals surface area contributed by atoms with Crippen LogP contribution in [-0.2, 0) is 6.18 Å². The van der Waals surface area contributed by atoms with Crippen molar-refractivity contribution in [3.8, 4) is 22.5 Å². The van der Waals surface area contributed by atoms with Crippen molar-refractivity contribution in [2.45, 2.75) is 19.1 Å². The topological polar surface area (TPSA) is 83.9 Å². The first kappa shape index (κ1) is 24.6. The fraction of sp³-hybridized carbons (Fsp3) is 0.192. The molecule has 0 spiro atoms. The van der Waals surface area contributed by atoms with E-state index in [9.17, 15) is 18.0 Å². The Balaban J connectivity index is 1.40. The molecule has 1 aliphatic rings. The minimum Gasteiger partial charge on any atom is -0.351 e. The molecule has 1 aromatic carbocycles. The zero-order chi connectivity index (χ0) is 26.2. The molecule has 0 atom stereocenters. The molecule has 0 unspecified atom stereocenters. The molecule has 4 heterocycles. The Hall–Kier alpha value is -4.05. The van der Waals surface area contributed by atoms with Crippen LogP contribution in [0.25, 0.3) is 22.5 Å². The Bertz CT molecular complexity index is 1460. The third kappa shape index (κ3) is 5.10. The molecule has 1 amide bonds. The first-order valence-electron chi connectivity index (χ1n) is 11.3. The van der Waals surface area contributed by atoms with Crippen LogP contribution in [0.2, 0.25) is 5.02 Å². The Morgan fingerprint density at radius 3 is 2.46 bits per heavy atom. The highest BCUT2D eigenvalue weighted by atomic mass is 35.5. The van der Waals surface area contributed by atoms with Gasteiger partial charge < -0.3 is 10.2 Å². The van der Waals surface area contributed by atoms with Gasteiger partial charge in [0, 0.05) is 42.8 Å². The number of carbonyl (C=O) groups excluding carboxylic acids is 1. The minimum atomic E-state index is -4.44. The molecule has 3 aromatic heterocycles. The standard InChI is InChI=1S/C26H20ClF3N6O/c1-15-3-2-9-32-22(15)25(37)34-18-13-36(14-18)21-12-33-23(16-4-6-17(7-5-16)26(28,29)30)24(35-21)19-8-10-31-11-20(19)27/h2-12,18H,13-14H2,1H3,(H,34,37). The van der Waals surface area contributed by atoms with E-state index in [-0.39, 0.29) is 11.9 Å². The number of hydrogen-bond acceptors (Lipinski definition) is 6. The van der Waals surface area contributed by atoms with Crippen molar-refractivity contribution in [2.24, 2.45) is 0 Å². The minimum absolute atomic E-state index is 0.0988. The summed E-state index contributed by atoms with van der Waals surface area (Å²) < 4.78 is 39.1. The summed E-state index contributed by atoms with van der Waals surface area (Å²) in [5.74, 6) is 0.314. The highest BCUT2D eigenvalue weighted by Crippen LogP contribution is 2.36. The molecule has 1 saturated heterocycles. The van der Waals surface area contributed by atoms with Crippen LogP contribution < -0.4 is 10.2 Å². The van der Waals surface area contributed by atoms with Gasteiger partial charge in [0.2, 0.25) is 0 Å². The van der Waals surface area contributed by atoms with E-state index in [1.54, 1.807) is 30.7 Å². The van der Waals surface area contributed by atoms with Gasteiger partial charge in [0.05, 0.1) is 28.5 Å². The second-order valence-corrected chi connectivity index (χ2v) is 9.01. The van der Waals surface area contributed by atoms with Crippen molar-refractivity contribution in [1.82, 2.24) is 25.3 Å². The lowest BCUT2D eigenvalue weighted by atomic mass is 10.0. The molecular formula is C26H20ClF3N6O. The lowest BCUT2D eigenvalue weighted by Crippen LogP contribution is -2.59. The molecule has 0 radical (unpaired) electrons. The maximum absolute atomic E-state index is 13.0. The maximum atomic E-state index is 13.0. The van der Waals surface area contributed by atoms with Crippen LogP contribution in [0, 0.1) is 6.92 Å². The van der Waals surface area contributed by atoms with Crippen LogP contribution in [0.4, 0.5) is 19.0 Å². The number of amides is 1. The van der Waals surface area contributed by atoms with E-state index in [2.05, 4.69) is 20.3 Å². The van der Waals surface area contributed by atoms with Crippen LogP contribution in [0.5, 0.6) is 0 Å². The SMILES string of the molecule is Cc1cccnc1C(=O)NC1CN(c2cnc(-c3ccc(C(F)(F)F)cc3)c(-c3ccncc3Cl)n2)C1. The Morgan fingerprint density at radius 1 is 1.03 bits per heavy atom. The van der Waals surface area contributed by atoms with Crippen molar-refractivity contribution < 1.29 is 18.0 Å². The molecule has 7 nitrogen and oxygen atoms in total. The predicted molar refractivity (Wildman–Crippen MR) is 133 cm³/mol. The van der Waals surface area contributed by atoms with Crippen molar-refractivity contribution in [1.29, 1.82) is 0 Å². The summed E-state index contributed by atoms with van der Waals surface area (Å²) >= 11 is 6.39. The molecule has 1 aliphatic heterocycles. The van der Waals surface area contributed by atoms with Crippen molar-refractivity contribution >= 4 is 23.3 Å². The van der Waals surface area contributed by atoms with Gasteiger partial charge in [-0.3, -0.25) is 19.7 Å². The molecule has 188 valence electrons. The molecule has 11 heteroatoms. The van der Waals surface area contributed by atoms with E-state index in [0.717, 1.165) is 17.7 Å². The number of pyridine rings is 2. The zero-order valence-electron chi connectivity index (χ0n) is 19.5. The number of carbonyl (C=O) groups is 1. The number of nitrogens with one attached hydrogen (secondary N) is 1. The number of nitrogens with zero attached hydrogens (tertiary/aromatic N) is 5. The number of aromatic nitrogens is 4. The summed E-state index contributed by atoms with van der Waals surface area (Å²) in [5, 5.41) is 3.31. The second kappa shape index (κ2) is 9.78. The van der Waals surface area contributed by atoms with Crippen molar-refractivity contribution in [3.63, 3.8) is 0 Å². The molecule has 0 saturated carbocycles. The fourth-order valence-electron chi connectivity index (χ4n) is 4.05. The summed E-state index contributed by atoms with van der Waals surface area (Å²) in [6.45, 7) is 2.85. The summed E-state index contributed by atoms with van der Waals surface area (Å²) in [7, 11) is 0. The van der Waals surface area contributed by atoms with Gasteiger partial charge in [0.15, 0.2) is 0 Å². The molecule has 0 aliphatic carbocycles. The van der Waals surface area contributed by atoms with Crippen LogP contribution in [0.3, 0.4) is 0 Å². The van der Waals surface area contributed by atoms with Gasteiger partial charge in [-0.25, -0.2) is 4.98 Å². The molecular weight excluding hydrogens is 505 g/mol. The van der Waals surface area contributed by atoms with Gasteiger partial charge in [0.1, 0.15) is 17.2 Å². The van der Waals surface area contributed by atoms with E-state index in [1.165, 1.54) is 18.3 Å². The Labute approximate surface area is 215 Å². The molecule has 0 bridgehead atoms. The molecule has 37 heavy (non-hydrogen) atoms. The zero-order valence-corrected chi connectivity index (χ0v) is 20.3. The van der Waals surface area contributed by atoms with E-state index in [0.29, 0.717) is 52.1 Å². The smallest absolute Gasteiger partial charge is 0.351 e. The summed E-state index contributed by atoms with van der Waals surface area (Å²) in [6, 6.07) is 9.92. The number of anilines is 1. The predicted octanol–water partition coefficient (Wildman–Crippen LogP) is 5.20. The first-order chi connectivity index (χ1) is 17.7. The summed E-state index contributed by atoms with van der Waals surface area (Å²) in [4.78, 5) is 32.0. The largest absolute Gasteiger partial charge is 0.416 e. The highest BCUT2D eigenvalue weighted by molar-refractivity contribution is 6.33. The van der Waals surface area contributed by atoms with Gasteiger partial charge in [-0.05, 0) is 36.8 Å². The molecule has 1 N–H and O–H groups in total. The lowest BCUT2D eigenvalue weighted by molar-refractivity contribution is -0.137. The normalized spacial score (nSPS) is 13.8. The van der Waals surface area contributed by atoms with E-state index >= 15 is 0 Å². The van der Waals surface area contributed by atoms with Gasteiger partial charge in [-0.15, -0.1) is 0 Å². The second-order valence-electron chi connectivity index (χ2n) is 8.60. The maximum Gasteiger partial charge on any atom is 0.416 e. The molecule has 5 rings (SSSR count). The van der Waals surface area contributed by atoms with Crippen molar-refractivity contribution in [3.05, 3.63) is 89.1 Å². The molecule has 4 aromatic rings. The average molecular weight is 525 g/mol. The summed E-state index contributed by atoms with van der Waals surface area (Å²) in [6.07, 6.45) is 1.72. The monoisotopic (exact) mass is 524 g/mol. The number of rotatable bonds is 5. The molecule has 1 fully saturated rings. The van der Waals surface area contributed by atoms with Crippen LogP contribution in [0.1, 0.15) is 21.6 Å². The van der Waals surface area contributed by atoms with E-state index in [1.807, 2.05) is 17.9 Å².